The molecule has 0 bridgehead atoms. The third-order valence-corrected chi connectivity index (χ3v) is 2.82. The maximum Gasteiger partial charge on any atom is 0.142 e. The van der Waals surface area contributed by atoms with E-state index < -0.39 is 6.10 Å². The van der Waals surface area contributed by atoms with E-state index in [4.69, 9.17) is 14.2 Å². The maximum absolute atomic E-state index is 9.88. The number of nitrogens with zero attached hydrogens (tertiary/aromatic N) is 1. The average Bonchev–Trinajstić information content (AvgIpc) is 2.45. The standard InChI is InChI=1S/C15H26N2O4/c1-11-5-6-15(14(17-11)7-16-3)21-10-13(18)9-20-12(2)8-19-4/h5-6,12-13,16,18H,7-10H2,1-4H3. The van der Waals surface area contributed by atoms with E-state index >= 15 is 0 Å². The number of hydrogen-bond acceptors (Lipinski definition) is 6. The number of rotatable bonds is 10. The molecule has 0 fully saturated rings. The topological polar surface area (TPSA) is 72.8 Å². The van der Waals surface area contributed by atoms with Crippen LogP contribution in [0.15, 0.2) is 12.1 Å². The lowest BCUT2D eigenvalue weighted by molar-refractivity contribution is -0.0424. The first-order valence-corrected chi connectivity index (χ1v) is 7.09. The van der Waals surface area contributed by atoms with Crippen molar-refractivity contribution in [3.63, 3.8) is 0 Å². The lowest BCUT2D eigenvalue weighted by atomic mass is 10.3. The van der Waals surface area contributed by atoms with Gasteiger partial charge in [-0.2, -0.15) is 0 Å². The number of aliphatic hydroxyl groups excluding tert-OH is 1. The lowest BCUT2D eigenvalue weighted by Gasteiger charge is -2.17. The normalized spacial score (nSPS) is 14.0. The zero-order valence-corrected chi connectivity index (χ0v) is 13.3. The predicted octanol–water partition coefficient (Wildman–Crippen LogP) is 0.901. The molecule has 0 spiro atoms. The van der Waals surface area contributed by atoms with Gasteiger partial charge in [-0.25, -0.2) is 0 Å². The number of aliphatic hydroxyl groups is 1. The molecule has 0 aliphatic carbocycles. The molecule has 0 aromatic carbocycles. The highest BCUT2D eigenvalue weighted by molar-refractivity contribution is 5.29. The smallest absolute Gasteiger partial charge is 0.142 e. The van der Waals surface area contributed by atoms with Gasteiger partial charge in [0.05, 0.1) is 25.0 Å². The second-order valence-electron chi connectivity index (χ2n) is 4.99. The van der Waals surface area contributed by atoms with Crippen LogP contribution in [0.2, 0.25) is 0 Å². The van der Waals surface area contributed by atoms with Crippen LogP contribution in [0.3, 0.4) is 0 Å². The zero-order valence-electron chi connectivity index (χ0n) is 13.3. The Hall–Kier alpha value is -1.21. The van der Waals surface area contributed by atoms with E-state index in [2.05, 4.69) is 10.3 Å². The summed E-state index contributed by atoms with van der Waals surface area (Å²) in [5.41, 5.74) is 1.77. The van der Waals surface area contributed by atoms with Crippen molar-refractivity contribution in [2.75, 3.05) is 34.0 Å². The largest absolute Gasteiger partial charge is 0.489 e. The van der Waals surface area contributed by atoms with Gasteiger partial charge in [-0.15, -0.1) is 0 Å². The highest BCUT2D eigenvalue weighted by Gasteiger charge is 2.11. The summed E-state index contributed by atoms with van der Waals surface area (Å²) in [5.74, 6) is 0.680. The van der Waals surface area contributed by atoms with E-state index in [1.54, 1.807) is 7.11 Å². The Morgan fingerprint density at radius 1 is 1.29 bits per heavy atom. The van der Waals surface area contributed by atoms with Crippen LogP contribution in [0.5, 0.6) is 5.75 Å². The van der Waals surface area contributed by atoms with Crippen LogP contribution < -0.4 is 10.1 Å². The Kier molecular flexibility index (Phi) is 8.22. The molecule has 2 N–H and O–H groups in total. The molecule has 120 valence electrons. The van der Waals surface area contributed by atoms with Gasteiger partial charge in [0.2, 0.25) is 0 Å². The molecule has 6 heteroatoms. The fraction of sp³-hybridized carbons (Fsp3) is 0.667. The molecule has 0 aliphatic rings. The monoisotopic (exact) mass is 298 g/mol. The SMILES string of the molecule is CNCc1nc(C)ccc1OCC(O)COC(C)COC. The first-order chi connectivity index (χ1) is 10.1. The first-order valence-electron chi connectivity index (χ1n) is 7.09. The van der Waals surface area contributed by atoms with Gasteiger partial charge in [0, 0.05) is 19.3 Å². The summed E-state index contributed by atoms with van der Waals surface area (Å²) in [4.78, 5) is 4.42. The van der Waals surface area contributed by atoms with Crippen molar-refractivity contribution in [1.82, 2.24) is 10.3 Å². The number of methoxy groups -OCH3 is 1. The average molecular weight is 298 g/mol. The van der Waals surface area contributed by atoms with E-state index in [1.165, 1.54) is 0 Å². The minimum atomic E-state index is -0.687. The van der Waals surface area contributed by atoms with E-state index in [-0.39, 0.29) is 19.3 Å². The zero-order chi connectivity index (χ0) is 15.7. The Morgan fingerprint density at radius 2 is 2.05 bits per heavy atom. The maximum atomic E-state index is 9.88. The molecule has 1 aromatic rings. The van der Waals surface area contributed by atoms with E-state index in [0.717, 1.165) is 11.4 Å². The van der Waals surface area contributed by atoms with Gasteiger partial charge in [0.15, 0.2) is 0 Å². The van der Waals surface area contributed by atoms with Gasteiger partial charge in [0.1, 0.15) is 18.5 Å². The van der Waals surface area contributed by atoms with E-state index in [0.29, 0.717) is 18.9 Å². The fourth-order valence-corrected chi connectivity index (χ4v) is 1.82. The molecule has 0 radical (unpaired) electrons. The van der Waals surface area contributed by atoms with Gasteiger partial charge < -0.3 is 24.6 Å². The highest BCUT2D eigenvalue weighted by atomic mass is 16.5. The van der Waals surface area contributed by atoms with Gasteiger partial charge in [-0.1, -0.05) is 0 Å². The predicted molar refractivity (Wildman–Crippen MR) is 80.5 cm³/mol. The van der Waals surface area contributed by atoms with Crippen molar-refractivity contribution in [3.05, 3.63) is 23.5 Å². The van der Waals surface area contributed by atoms with E-state index in [1.807, 2.05) is 33.0 Å². The summed E-state index contributed by atoms with van der Waals surface area (Å²) < 4.78 is 16.0. The Morgan fingerprint density at radius 3 is 2.71 bits per heavy atom. The quantitative estimate of drug-likeness (QED) is 0.669. The number of ether oxygens (including phenoxy) is 3. The molecule has 1 heterocycles. The second-order valence-corrected chi connectivity index (χ2v) is 4.99. The molecular weight excluding hydrogens is 272 g/mol. The molecule has 0 saturated heterocycles. The summed E-state index contributed by atoms with van der Waals surface area (Å²) in [5, 5.41) is 12.9. The summed E-state index contributed by atoms with van der Waals surface area (Å²) in [6.07, 6.45) is -0.737. The number of aryl methyl sites for hydroxylation is 1. The number of pyridine rings is 1. The van der Waals surface area contributed by atoms with Crippen molar-refractivity contribution in [2.45, 2.75) is 32.6 Å². The first kappa shape index (κ1) is 17.8. The van der Waals surface area contributed by atoms with Crippen LogP contribution >= 0.6 is 0 Å². The molecule has 0 saturated carbocycles. The summed E-state index contributed by atoms with van der Waals surface area (Å²) in [6.45, 7) is 5.33. The Balaban J connectivity index is 2.43. The summed E-state index contributed by atoms with van der Waals surface area (Å²) in [6, 6.07) is 3.76. The van der Waals surface area contributed by atoms with Crippen LogP contribution in [0.1, 0.15) is 18.3 Å². The molecule has 2 atom stereocenters. The van der Waals surface area contributed by atoms with Crippen molar-refractivity contribution in [2.24, 2.45) is 0 Å². The molecule has 1 aromatic heterocycles. The van der Waals surface area contributed by atoms with Crippen molar-refractivity contribution in [1.29, 1.82) is 0 Å². The van der Waals surface area contributed by atoms with Crippen LogP contribution in [0.25, 0.3) is 0 Å². The van der Waals surface area contributed by atoms with Crippen LogP contribution in [0, 0.1) is 6.92 Å². The summed E-state index contributed by atoms with van der Waals surface area (Å²) in [7, 11) is 3.47. The highest BCUT2D eigenvalue weighted by Crippen LogP contribution is 2.17. The van der Waals surface area contributed by atoms with Crippen molar-refractivity contribution >= 4 is 0 Å². The second kappa shape index (κ2) is 9.68. The molecule has 2 unspecified atom stereocenters. The number of hydrogen-bond donors (Lipinski definition) is 2. The molecular formula is C15H26N2O4. The van der Waals surface area contributed by atoms with Gasteiger partial charge in [0.25, 0.3) is 0 Å². The third-order valence-electron chi connectivity index (χ3n) is 2.82. The van der Waals surface area contributed by atoms with Gasteiger partial charge in [-0.3, -0.25) is 4.98 Å². The minimum absolute atomic E-state index is 0.0504. The molecule has 0 amide bonds. The van der Waals surface area contributed by atoms with Crippen molar-refractivity contribution < 1.29 is 19.3 Å². The minimum Gasteiger partial charge on any atom is -0.489 e. The number of nitrogens with one attached hydrogen (secondary N) is 1. The summed E-state index contributed by atoms with van der Waals surface area (Å²) >= 11 is 0. The van der Waals surface area contributed by atoms with Gasteiger partial charge in [-0.05, 0) is 33.0 Å². The Labute approximate surface area is 126 Å². The van der Waals surface area contributed by atoms with Crippen molar-refractivity contribution in [3.8, 4) is 5.75 Å². The molecule has 0 aliphatic heterocycles. The fourth-order valence-electron chi connectivity index (χ4n) is 1.82. The van der Waals surface area contributed by atoms with Crippen LogP contribution in [-0.4, -0.2) is 56.3 Å². The number of aromatic nitrogens is 1. The molecule has 21 heavy (non-hydrogen) atoms. The van der Waals surface area contributed by atoms with Crippen LogP contribution in [-0.2, 0) is 16.0 Å². The third kappa shape index (κ3) is 6.86. The Bertz CT molecular complexity index is 415. The van der Waals surface area contributed by atoms with E-state index in [9.17, 15) is 5.11 Å². The molecule has 1 rings (SSSR count). The van der Waals surface area contributed by atoms with Crippen LogP contribution in [0.4, 0.5) is 0 Å². The lowest BCUT2D eigenvalue weighted by Crippen LogP contribution is -2.27. The molecule has 6 nitrogen and oxygen atoms in total. The van der Waals surface area contributed by atoms with Gasteiger partial charge >= 0.3 is 0 Å².